The minimum absolute atomic E-state index is 0.0975. The van der Waals surface area contributed by atoms with Gasteiger partial charge >= 0.3 is 6.09 Å². The number of rotatable bonds is 3. The molecule has 2 rings (SSSR count). The monoisotopic (exact) mass is 347 g/mol. The second kappa shape index (κ2) is 6.94. The number of nitrogens with one attached hydrogen (secondary N) is 1. The van der Waals surface area contributed by atoms with Gasteiger partial charge in [-0.1, -0.05) is 18.5 Å². The first-order valence-electron chi connectivity index (χ1n) is 7.63. The Morgan fingerprint density at radius 1 is 1.38 bits per heavy atom. The number of piperidine rings is 1. The molecule has 0 bridgehead atoms. The van der Waals surface area contributed by atoms with Gasteiger partial charge in [0.25, 0.3) is 0 Å². The van der Waals surface area contributed by atoms with E-state index in [0.717, 1.165) is 0 Å². The Balaban J connectivity index is 2.35. The molecule has 1 fully saturated rings. The zero-order valence-corrected chi connectivity index (χ0v) is 14.3. The van der Waals surface area contributed by atoms with Gasteiger partial charge in [-0.15, -0.1) is 0 Å². The molecule has 0 saturated carbocycles. The molecule has 126 valence electrons. The zero-order chi connectivity index (χ0) is 17.9. The lowest BCUT2D eigenvalue weighted by Crippen LogP contribution is -2.53. The molecule has 0 aromatic carbocycles. The van der Waals surface area contributed by atoms with Crippen molar-refractivity contribution in [1.82, 2.24) is 10.3 Å². The summed E-state index contributed by atoms with van der Waals surface area (Å²) >= 11 is 6.13. The Morgan fingerprint density at radius 2 is 1.96 bits per heavy atom. The predicted molar refractivity (Wildman–Crippen MR) is 89.1 cm³/mol. The fraction of sp³-hybridized carbons (Fsp3) is 0.500. The van der Waals surface area contributed by atoms with Crippen molar-refractivity contribution in [2.24, 2.45) is 0 Å². The summed E-state index contributed by atoms with van der Waals surface area (Å²) in [4.78, 5) is 17.1. The van der Waals surface area contributed by atoms with Gasteiger partial charge in [-0.3, -0.25) is 0 Å². The van der Waals surface area contributed by atoms with Gasteiger partial charge in [-0.05, 0) is 31.7 Å². The molecule has 1 aromatic heterocycles. The fourth-order valence-corrected chi connectivity index (χ4v) is 3.23. The van der Waals surface area contributed by atoms with Gasteiger partial charge in [0.05, 0.1) is 11.1 Å². The number of nitriles is 2. The van der Waals surface area contributed by atoms with Crippen LogP contribution in [0.2, 0.25) is 5.15 Å². The topological polar surface area (TPSA) is 113 Å². The summed E-state index contributed by atoms with van der Waals surface area (Å²) in [6, 6.07) is 4.16. The van der Waals surface area contributed by atoms with E-state index < -0.39 is 11.6 Å². The molecular weight excluding hydrogens is 330 g/mol. The number of pyridine rings is 1. The minimum Gasteiger partial charge on any atom is -0.465 e. The van der Waals surface area contributed by atoms with E-state index in [-0.39, 0.29) is 10.7 Å². The number of nitrogens with zero attached hydrogens (tertiary/aromatic N) is 4. The molecule has 2 N–H and O–H groups in total. The molecule has 1 saturated heterocycles. The van der Waals surface area contributed by atoms with E-state index in [1.807, 2.05) is 24.8 Å². The van der Waals surface area contributed by atoms with E-state index >= 15 is 0 Å². The molecule has 8 heteroatoms. The molecule has 1 amide bonds. The van der Waals surface area contributed by atoms with Crippen LogP contribution in [-0.2, 0) is 6.42 Å². The summed E-state index contributed by atoms with van der Waals surface area (Å²) in [6.45, 7) is 4.81. The molecule has 2 heterocycles. The number of carboxylic acid groups (broad SMARTS) is 1. The van der Waals surface area contributed by atoms with E-state index in [2.05, 4.69) is 16.4 Å². The van der Waals surface area contributed by atoms with Crippen molar-refractivity contribution in [2.75, 3.05) is 18.0 Å². The second-order valence-corrected chi connectivity index (χ2v) is 6.37. The summed E-state index contributed by atoms with van der Waals surface area (Å²) in [7, 11) is 0. The van der Waals surface area contributed by atoms with E-state index in [1.165, 1.54) is 0 Å². The molecule has 0 aliphatic carbocycles. The number of aromatic nitrogens is 1. The highest BCUT2D eigenvalue weighted by atomic mass is 35.5. The van der Waals surface area contributed by atoms with Gasteiger partial charge in [0.15, 0.2) is 0 Å². The number of anilines is 1. The van der Waals surface area contributed by atoms with Gasteiger partial charge < -0.3 is 15.3 Å². The van der Waals surface area contributed by atoms with Gasteiger partial charge in [-0.2, -0.15) is 10.5 Å². The van der Waals surface area contributed by atoms with Crippen LogP contribution in [0.3, 0.4) is 0 Å². The van der Waals surface area contributed by atoms with E-state index in [0.29, 0.717) is 49.3 Å². The molecule has 0 atom stereocenters. The zero-order valence-electron chi connectivity index (χ0n) is 13.6. The number of carbonyl (C=O) groups is 1. The van der Waals surface area contributed by atoms with Crippen LogP contribution in [0.1, 0.15) is 43.4 Å². The maximum absolute atomic E-state index is 10.9. The van der Waals surface area contributed by atoms with Crippen molar-refractivity contribution in [2.45, 2.75) is 38.6 Å². The smallest absolute Gasteiger partial charge is 0.405 e. The molecule has 0 spiro atoms. The summed E-state index contributed by atoms with van der Waals surface area (Å²) in [5.74, 6) is 0.468. The largest absolute Gasteiger partial charge is 0.465 e. The normalized spacial score (nSPS) is 16.1. The summed E-state index contributed by atoms with van der Waals surface area (Å²) in [6.07, 6.45) is 0.639. The molecule has 0 radical (unpaired) electrons. The maximum atomic E-state index is 10.9. The Kier molecular flexibility index (Phi) is 5.16. The number of hydrogen-bond acceptors (Lipinski definition) is 5. The first-order valence-corrected chi connectivity index (χ1v) is 8.01. The Labute approximate surface area is 145 Å². The highest BCUT2D eigenvalue weighted by Gasteiger charge is 2.33. The van der Waals surface area contributed by atoms with Crippen LogP contribution in [0.15, 0.2) is 0 Å². The van der Waals surface area contributed by atoms with E-state index in [1.54, 1.807) is 0 Å². The highest BCUT2D eigenvalue weighted by molar-refractivity contribution is 6.30. The van der Waals surface area contributed by atoms with Crippen LogP contribution < -0.4 is 10.2 Å². The van der Waals surface area contributed by atoms with Crippen molar-refractivity contribution < 1.29 is 9.90 Å². The van der Waals surface area contributed by atoms with Crippen molar-refractivity contribution in [3.05, 3.63) is 21.8 Å². The van der Waals surface area contributed by atoms with Crippen LogP contribution >= 0.6 is 11.6 Å². The lowest BCUT2D eigenvalue weighted by Gasteiger charge is -2.40. The van der Waals surface area contributed by atoms with Gasteiger partial charge in [0.2, 0.25) is 0 Å². The van der Waals surface area contributed by atoms with Crippen LogP contribution in [0.5, 0.6) is 0 Å². The third-order valence-corrected chi connectivity index (χ3v) is 4.66. The fourth-order valence-electron chi connectivity index (χ4n) is 3.00. The van der Waals surface area contributed by atoms with Crippen molar-refractivity contribution in [3.63, 3.8) is 0 Å². The maximum Gasteiger partial charge on any atom is 0.405 e. The standard InChI is InChI=1S/C16H18ClN5O2/c1-3-10-11(8-18)13(17)20-14(12(10)9-19)22-6-4-16(2,5-7-22)21-15(23)24/h21H,3-7H2,1-2H3,(H,23,24). The lowest BCUT2D eigenvalue weighted by molar-refractivity contribution is 0.173. The summed E-state index contributed by atoms with van der Waals surface area (Å²) in [5.41, 5.74) is 0.716. The first-order chi connectivity index (χ1) is 11.3. The van der Waals surface area contributed by atoms with Crippen LogP contribution in [0.25, 0.3) is 0 Å². The molecule has 1 aromatic rings. The highest BCUT2D eigenvalue weighted by Crippen LogP contribution is 2.32. The third-order valence-electron chi connectivity index (χ3n) is 4.39. The van der Waals surface area contributed by atoms with Crippen molar-refractivity contribution in [1.29, 1.82) is 10.5 Å². The molecule has 1 aliphatic rings. The predicted octanol–water partition coefficient (Wildman–Crippen LogP) is 2.67. The Hall–Kier alpha value is -2.51. The van der Waals surface area contributed by atoms with Crippen molar-refractivity contribution in [3.8, 4) is 12.1 Å². The van der Waals surface area contributed by atoms with Crippen LogP contribution in [-0.4, -0.2) is 34.8 Å². The van der Waals surface area contributed by atoms with E-state index in [4.69, 9.17) is 16.7 Å². The average molecular weight is 348 g/mol. The molecule has 1 aliphatic heterocycles. The Bertz CT molecular complexity index is 742. The van der Waals surface area contributed by atoms with Crippen LogP contribution in [0.4, 0.5) is 10.6 Å². The SMILES string of the molecule is CCc1c(C#N)c(Cl)nc(N2CCC(C)(NC(=O)O)CC2)c1C#N. The van der Waals surface area contributed by atoms with Gasteiger partial charge in [0.1, 0.15) is 23.1 Å². The Morgan fingerprint density at radius 3 is 2.42 bits per heavy atom. The number of halogens is 1. The van der Waals surface area contributed by atoms with Gasteiger partial charge in [0, 0.05) is 18.6 Å². The van der Waals surface area contributed by atoms with Crippen molar-refractivity contribution >= 4 is 23.5 Å². The second-order valence-electron chi connectivity index (χ2n) is 6.01. The molecule has 0 unspecified atom stereocenters. The third kappa shape index (κ3) is 3.37. The number of amides is 1. The number of hydrogen-bond donors (Lipinski definition) is 2. The molecule has 7 nitrogen and oxygen atoms in total. The summed E-state index contributed by atoms with van der Waals surface area (Å²) in [5, 5.41) is 30.4. The van der Waals surface area contributed by atoms with E-state index in [9.17, 15) is 15.3 Å². The minimum atomic E-state index is -1.04. The lowest BCUT2D eigenvalue weighted by atomic mass is 9.89. The molecule has 24 heavy (non-hydrogen) atoms. The quantitative estimate of drug-likeness (QED) is 0.812. The summed E-state index contributed by atoms with van der Waals surface area (Å²) < 4.78 is 0. The average Bonchev–Trinajstić information content (AvgIpc) is 2.53. The van der Waals surface area contributed by atoms with Crippen LogP contribution in [0, 0.1) is 22.7 Å². The van der Waals surface area contributed by atoms with Gasteiger partial charge in [-0.25, -0.2) is 9.78 Å². The molecular formula is C16H18ClN5O2. The first kappa shape index (κ1) is 17.8.